The summed E-state index contributed by atoms with van der Waals surface area (Å²) in [6, 6.07) is 1.11. The fourth-order valence-electron chi connectivity index (χ4n) is 1.32. The largest absolute Gasteiger partial charge is 0.478 e. The minimum atomic E-state index is -2.89. The Hall–Kier alpha value is -1.56. The van der Waals surface area contributed by atoms with Crippen LogP contribution < -0.4 is 5.73 Å². The Bertz CT molecular complexity index is 394. The van der Waals surface area contributed by atoms with E-state index in [9.17, 15) is 13.6 Å². The number of hydrogen-bond donors (Lipinski definition) is 2. The van der Waals surface area contributed by atoms with Gasteiger partial charge in [0.15, 0.2) is 0 Å². The van der Waals surface area contributed by atoms with Crippen molar-refractivity contribution in [1.29, 1.82) is 0 Å². The highest BCUT2D eigenvalue weighted by Crippen LogP contribution is 2.26. The van der Waals surface area contributed by atoms with Crippen LogP contribution in [0.3, 0.4) is 0 Å². The van der Waals surface area contributed by atoms with Gasteiger partial charge in [-0.05, 0) is 13.0 Å². The van der Waals surface area contributed by atoms with Crippen molar-refractivity contribution < 1.29 is 18.7 Å². The van der Waals surface area contributed by atoms with E-state index in [-0.39, 0.29) is 12.2 Å². The molecule has 1 aromatic rings. The standard InChI is InChI=1S/C9H10F2N2O2/c1-4-2-5(9(14)15)7(8(10)11)6(3-12)13-4/h2,8H,3,12H2,1H3,(H,14,15). The van der Waals surface area contributed by atoms with E-state index in [1.807, 2.05) is 0 Å². The molecule has 3 N–H and O–H groups in total. The SMILES string of the molecule is Cc1cc(C(=O)O)c(C(F)F)c(CN)n1. The first-order valence-electron chi connectivity index (χ1n) is 4.19. The zero-order valence-corrected chi connectivity index (χ0v) is 8.00. The summed E-state index contributed by atoms with van der Waals surface area (Å²) in [5.74, 6) is -1.40. The number of carboxylic acids is 1. The molecule has 0 atom stereocenters. The predicted molar refractivity (Wildman–Crippen MR) is 48.8 cm³/mol. The van der Waals surface area contributed by atoms with Crippen LogP contribution in [0.4, 0.5) is 8.78 Å². The third kappa shape index (κ3) is 2.27. The number of nitrogens with zero attached hydrogens (tertiary/aromatic N) is 1. The molecule has 1 rings (SSSR count). The first-order valence-corrected chi connectivity index (χ1v) is 4.19. The number of aromatic nitrogens is 1. The average molecular weight is 216 g/mol. The van der Waals surface area contributed by atoms with Crippen molar-refractivity contribution in [3.63, 3.8) is 0 Å². The summed E-state index contributed by atoms with van der Waals surface area (Å²) >= 11 is 0. The Balaban J connectivity index is 3.47. The third-order valence-corrected chi connectivity index (χ3v) is 1.91. The van der Waals surface area contributed by atoms with Gasteiger partial charge in [-0.2, -0.15) is 0 Å². The molecular weight excluding hydrogens is 206 g/mol. The number of carboxylic acid groups (broad SMARTS) is 1. The molecule has 82 valence electrons. The molecule has 0 fully saturated rings. The molecule has 15 heavy (non-hydrogen) atoms. The van der Waals surface area contributed by atoms with Gasteiger partial charge in [0, 0.05) is 12.2 Å². The molecule has 0 aliphatic carbocycles. The molecule has 0 saturated carbocycles. The monoisotopic (exact) mass is 216 g/mol. The molecule has 0 unspecified atom stereocenters. The highest BCUT2D eigenvalue weighted by Gasteiger charge is 2.22. The Morgan fingerprint density at radius 2 is 2.27 bits per heavy atom. The summed E-state index contributed by atoms with van der Waals surface area (Å²) in [6.07, 6.45) is -2.89. The average Bonchev–Trinajstić information content (AvgIpc) is 2.15. The number of halogens is 2. The Labute approximate surface area is 84.7 Å². The van der Waals surface area contributed by atoms with E-state index < -0.39 is 23.5 Å². The normalized spacial score (nSPS) is 10.7. The van der Waals surface area contributed by atoms with Crippen molar-refractivity contribution in [3.05, 3.63) is 28.6 Å². The van der Waals surface area contributed by atoms with E-state index in [1.165, 1.54) is 6.92 Å². The summed E-state index contributed by atoms with van der Waals surface area (Å²) in [4.78, 5) is 14.5. The van der Waals surface area contributed by atoms with Crippen molar-refractivity contribution in [1.82, 2.24) is 4.98 Å². The maximum Gasteiger partial charge on any atom is 0.336 e. The van der Waals surface area contributed by atoms with Gasteiger partial charge in [0.2, 0.25) is 0 Å². The summed E-state index contributed by atoms with van der Waals surface area (Å²) in [5, 5.41) is 8.76. The van der Waals surface area contributed by atoms with E-state index in [2.05, 4.69) is 4.98 Å². The maximum atomic E-state index is 12.6. The van der Waals surface area contributed by atoms with Gasteiger partial charge in [-0.15, -0.1) is 0 Å². The van der Waals surface area contributed by atoms with Crippen LogP contribution in [0.25, 0.3) is 0 Å². The lowest BCUT2D eigenvalue weighted by Crippen LogP contribution is -2.12. The Morgan fingerprint density at radius 3 is 2.67 bits per heavy atom. The maximum absolute atomic E-state index is 12.6. The van der Waals surface area contributed by atoms with Crippen LogP contribution >= 0.6 is 0 Å². The number of rotatable bonds is 3. The highest BCUT2D eigenvalue weighted by atomic mass is 19.3. The van der Waals surface area contributed by atoms with E-state index in [1.54, 1.807) is 0 Å². The first kappa shape index (κ1) is 11.5. The molecule has 0 spiro atoms. The smallest absolute Gasteiger partial charge is 0.336 e. The van der Waals surface area contributed by atoms with Crippen LogP contribution in [-0.4, -0.2) is 16.1 Å². The molecular formula is C9H10F2N2O2. The van der Waals surface area contributed by atoms with Crippen molar-refractivity contribution in [2.45, 2.75) is 19.9 Å². The van der Waals surface area contributed by atoms with Crippen LogP contribution in [0.5, 0.6) is 0 Å². The van der Waals surface area contributed by atoms with Gasteiger partial charge in [0.25, 0.3) is 6.43 Å². The van der Waals surface area contributed by atoms with Crippen molar-refractivity contribution in [2.24, 2.45) is 5.73 Å². The number of aryl methyl sites for hydroxylation is 1. The molecule has 1 aromatic heterocycles. The molecule has 0 amide bonds. The minimum absolute atomic E-state index is 0.0672. The number of hydrogen-bond acceptors (Lipinski definition) is 3. The van der Waals surface area contributed by atoms with Gasteiger partial charge >= 0.3 is 5.97 Å². The summed E-state index contributed by atoms with van der Waals surface area (Å²) in [6.45, 7) is 1.32. The van der Waals surface area contributed by atoms with Crippen molar-refractivity contribution >= 4 is 5.97 Å². The summed E-state index contributed by atoms with van der Waals surface area (Å²) < 4.78 is 25.2. The third-order valence-electron chi connectivity index (χ3n) is 1.91. The molecule has 0 saturated heterocycles. The Kier molecular flexibility index (Phi) is 3.31. The van der Waals surface area contributed by atoms with Crippen molar-refractivity contribution in [3.8, 4) is 0 Å². The van der Waals surface area contributed by atoms with Gasteiger partial charge in [-0.3, -0.25) is 4.98 Å². The van der Waals surface area contributed by atoms with E-state index >= 15 is 0 Å². The van der Waals surface area contributed by atoms with Gasteiger partial charge in [0.1, 0.15) is 0 Å². The van der Waals surface area contributed by atoms with Crippen molar-refractivity contribution in [2.75, 3.05) is 0 Å². The fraction of sp³-hybridized carbons (Fsp3) is 0.333. The lowest BCUT2D eigenvalue weighted by atomic mass is 10.1. The van der Waals surface area contributed by atoms with Crippen LogP contribution in [-0.2, 0) is 6.54 Å². The summed E-state index contributed by atoms with van der Waals surface area (Å²) in [5.41, 5.74) is 4.51. The topological polar surface area (TPSA) is 76.2 Å². The molecule has 0 aliphatic rings. The van der Waals surface area contributed by atoms with E-state index in [0.717, 1.165) is 6.07 Å². The minimum Gasteiger partial charge on any atom is -0.478 e. The molecule has 0 radical (unpaired) electrons. The van der Waals surface area contributed by atoms with Gasteiger partial charge in [-0.1, -0.05) is 0 Å². The van der Waals surface area contributed by atoms with E-state index in [0.29, 0.717) is 5.69 Å². The van der Waals surface area contributed by atoms with Gasteiger partial charge in [0.05, 0.1) is 16.8 Å². The van der Waals surface area contributed by atoms with Crippen LogP contribution in [0.15, 0.2) is 6.07 Å². The zero-order valence-electron chi connectivity index (χ0n) is 8.00. The van der Waals surface area contributed by atoms with Crippen LogP contribution in [0, 0.1) is 6.92 Å². The van der Waals surface area contributed by atoms with Crippen LogP contribution in [0.1, 0.15) is 33.7 Å². The molecule has 0 bridgehead atoms. The Morgan fingerprint density at radius 1 is 1.67 bits per heavy atom. The number of carbonyl (C=O) groups is 1. The first-order chi connectivity index (χ1) is 6.97. The molecule has 6 heteroatoms. The second kappa shape index (κ2) is 4.31. The van der Waals surface area contributed by atoms with Gasteiger partial charge in [-0.25, -0.2) is 13.6 Å². The molecule has 1 heterocycles. The second-order valence-corrected chi connectivity index (χ2v) is 2.98. The lowest BCUT2D eigenvalue weighted by molar-refractivity contribution is 0.0683. The highest BCUT2D eigenvalue weighted by molar-refractivity contribution is 5.89. The number of aromatic carboxylic acids is 1. The number of alkyl halides is 2. The quantitative estimate of drug-likeness (QED) is 0.802. The molecule has 0 aromatic carbocycles. The van der Waals surface area contributed by atoms with E-state index in [4.69, 9.17) is 10.8 Å². The molecule has 0 aliphatic heterocycles. The lowest BCUT2D eigenvalue weighted by Gasteiger charge is -2.10. The number of pyridine rings is 1. The zero-order chi connectivity index (χ0) is 11.6. The predicted octanol–water partition coefficient (Wildman–Crippen LogP) is 1.48. The molecule has 4 nitrogen and oxygen atoms in total. The summed E-state index contributed by atoms with van der Waals surface area (Å²) in [7, 11) is 0. The van der Waals surface area contributed by atoms with Crippen LogP contribution in [0.2, 0.25) is 0 Å². The fourth-order valence-corrected chi connectivity index (χ4v) is 1.32. The number of nitrogens with two attached hydrogens (primary N) is 1. The van der Waals surface area contributed by atoms with Gasteiger partial charge < -0.3 is 10.8 Å². The second-order valence-electron chi connectivity index (χ2n) is 2.98.